The van der Waals surface area contributed by atoms with Crippen LogP contribution in [0.5, 0.6) is 0 Å². The van der Waals surface area contributed by atoms with E-state index >= 15 is 0 Å². The summed E-state index contributed by atoms with van der Waals surface area (Å²) in [5.41, 5.74) is 0. The van der Waals surface area contributed by atoms with Crippen molar-refractivity contribution in [3.8, 4) is 10.8 Å². The van der Waals surface area contributed by atoms with E-state index < -0.39 is 0 Å². The molecule has 5 nitrogen and oxygen atoms in total. The Morgan fingerprint density at radius 2 is 1.96 bits per heavy atom. The van der Waals surface area contributed by atoms with Crippen molar-refractivity contribution in [3.63, 3.8) is 0 Å². The molecule has 6 heteroatoms. The summed E-state index contributed by atoms with van der Waals surface area (Å²) in [5.74, 6) is 1.87. The van der Waals surface area contributed by atoms with E-state index in [0.29, 0.717) is 17.7 Å². The lowest BCUT2D eigenvalue weighted by molar-refractivity contribution is -0.136. The van der Waals surface area contributed by atoms with Crippen LogP contribution in [-0.2, 0) is 4.79 Å². The average molecular weight is 331 g/mol. The Morgan fingerprint density at radius 3 is 2.65 bits per heavy atom. The van der Waals surface area contributed by atoms with E-state index in [1.54, 1.807) is 17.6 Å². The summed E-state index contributed by atoms with van der Waals surface area (Å²) in [7, 11) is 0. The number of hydrogen-bond acceptors (Lipinski definition) is 5. The molecule has 1 aliphatic heterocycles. The van der Waals surface area contributed by atoms with E-state index in [4.69, 9.17) is 4.42 Å². The first-order valence-electron chi connectivity index (χ1n) is 8.47. The summed E-state index contributed by atoms with van der Waals surface area (Å²) < 4.78 is 5.38. The van der Waals surface area contributed by atoms with E-state index in [0.717, 1.165) is 54.5 Å². The van der Waals surface area contributed by atoms with Crippen LogP contribution in [0, 0.1) is 5.92 Å². The van der Waals surface area contributed by atoms with Crippen LogP contribution in [0.3, 0.4) is 0 Å². The van der Waals surface area contributed by atoms with Gasteiger partial charge in [0.25, 0.3) is 0 Å². The van der Waals surface area contributed by atoms with Gasteiger partial charge in [0.05, 0.1) is 6.26 Å². The number of aromatic nitrogens is 2. The summed E-state index contributed by atoms with van der Waals surface area (Å²) in [4.78, 5) is 14.6. The van der Waals surface area contributed by atoms with Gasteiger partial charge in [-0.2, -0.15) is 0 Å². The Hall–Kier alpha value is -1.69. The minimum Gasteiger partial charge on any atom is -0.462 e. The summed E-state index contributed by atoms with van der Waals surface area (Å²) in [6.45, 7) is 1.71. The highest BCUT2D eigenvalue weighted by atomic mass is 32.1. The first kappa shape index (κ1) is 14.9. The maximum Gasteiger partial charge on any atom is 0.225 e. The van der Waals surface area contributed by atoms with Gasteiger partial charge in [-0.15, -0.1) is 10.2 Å². The third kappa shape index (κ3) is 3.04. The number of hydrogen-bond donors (Lipinski definition) is 0. The number of nitrogens with zero attached hydrogens (tertiary/aromatic N) is 3. The second-order valence-corrected chi connectivity index (χ2v) is 7.51. The molecule has 0 bridgehead atoms. The molecule has 122 valence electrons. The monoisotopic (exact) mass is 331 g/mol. The van der Waals surface area contributed by atoms with Crippen molar-refractivity contribution in [2.75, 3.05) is 13.1 Å². The van der Waals surface area contributed by atoms with Gasteiger partial charge < -0.3 is 9.32 Å². The molecule has 23 heavy (non-hydrogen) atoms. The molecule has 2 aromatic rings. The highest BCUT2D eigenvalue weighted by Gasteiger charge is 2.31. The molecular formula is C17H21N3O2S. The van der Waals surface area contributed by atoms with Crippen molar-refractivity contribution >= 4 is 17.2 Å². The number of carbonyl (C=O) groups is 1. The lowest BCUT2D eigenvalue weighted by Crippen LogP contribution is -2.40. The van der Waals surface area contributed by atoms with Crippen molar-refractivity contribution in [1.29, 1.82) is 0 Å². The third-order valence-corrected chi connectivity index (χ3v) is 6.13. The number of furan rings is 1. The van der Waals surface area contributed by atoms with Crippen molar-refractivity contribution in [3.05, 3.63) is 23.4 Å². The largest absolute Gasteiger partial charge is 0.462 e. The van der Waals surface area contributed by atoms with Crippen LogP contribution >= 0.6 is 11.3 Å². The highest BCUT2D eigenvalue weighted by molar-refractivity contribution is 7.14. The Kier molecular flexibility index (Phi) is 4.16. The van der Waals surface area contributed by atoms with Crippen LogP contribution in [0.1, 0.15) is 49.5 Å². The number of carbonyl (C=O) groups excluding carboxylic acids is 1. The third-order valence-electron chi connectivity index (χ3n) is 5.03. The molecule has 4 rings (SSSR count). The summed E-state index contributed by atoms with van der Waals surface area (Å²) in [5, 5.41) is 10.5. The second kappa shape index (κ2) is 6.43. The molecule has 2 aromatic heterocycles. The predicted molar refractivity (Wildman–Crippen MR) is 88.1 cm³/mol. The molecule has 1 aliphatic carbocycles. The Bertz CT molecular complexity index is 653. The number of amides is 1. The molecule has 1 amide bonds. The van der Waals surface area contributed by atoms with Crippen LogP contribution in [0.15, 0.2) is 22.8 Å². The zero-order valence-corrected chi connectivity index (χ0v) is 13.9. The maximum absolute atomic E-state index is 12.5. The first-order valence-corrected chi connectivity index (χ1v) is 9.29. The van der Waals surface area contributed by atoms with E-state index in [2.05, 4.69) is 15.1 Å². The molecule has 2 aliphatic rings. The van der Waals surface area contributed by atoms with Gasteiger partial charge in [0, 0.05) is 24.9 Å². The Balaban J connectivity index is 1.37. The zero-order valence-electron chi connectivity index (χ0n) is 13.1. The van der Waals surface area contributed by atoms with Gasteiger partial charge >= 0.3 is 0 Å². The number of piperidine rings is 1. The fourth-order valence-electron chi connectivity index (χ4n) is 3.68. The maximum atomic E-state index is 12.5. The molecule has 0 unspecified atom stereocenters. The molecule has 0 N–H and O–H groups in total. The van der Waals surface area contributed by atoms with Gasteiger partial charge in [-0.1, -0.05) is 24.2 Å². The minimum absolute atomic E-state index is 0.290. The molecule has 1 saturated heterocycles. The van der Waals surface area contributed by atoms with Crippen molar-refractivity contribution < 1.29 is 9.21 Å². The summed E-state index contributed by atoms with van der Waals surface area (Å²) in [6, 6.07) is 3.77. The Labute approximate surface area is 139 Å². The predicted octanol–water partition coefficient (Wildman–Crippen LogP) is 3.69. The summed E-state index contributed by atoms with van der Waals surface area (Å²) in [6.07, 6.45) is 8.24. The quantitative estimate of drug-likeness (QED) is 0.860. The van der Waals surface area contributed by atoms with Gasteiger partial charge in [0.1, 0.15) is 5.01 Å². The minimum atomic E-state index is 0.290. The van der Waals surface area contributed by atoms with Gasteiger partial charge in [-0.25, -0.2) is 0 Å². The van der Waals surface area contributed by atoms with Crippen molar-refractivity contribution in [1.82, 2.24) is 15.1 Å². The lowest BCUT2D eigenvalue weighted by Gasteiger charge is -2.32. The molecular weight excluding hydrogens is 310 g/mol. The molecule has 0 atom stereocenters. The normalized spacial score (nSPS) is 20.3. The molecule has 3 heterocycles. The van der Waals surface area contributed by atoms with Gasteiger partial charge in [-0.3, -0.25) is 4.79 Å². The van der Waals surface area contributed by atoms with Gasteiger partial charge in [-0.05, 0) is 37.8 Å². The molecule has 1 saturated carbocycles. The molecule has 0 spiro atoms. The standard InChI is InChI=1S/C17H21N3O2S/c21-17(13-4-1-2-5-13)20-9-7-12(8-10-20)15-18-19-16(23-15)14-6-3-11-22-14/h3,6,11-13H,1-2,4-5,7-10H2. The van der Waals surface area contributed by atoms with Crippen molar-refractivity contribution in [2.24, 2.45) is 5.92 Å². The van der Waals surface area contributed by atoms with E-state index in [1.165, 1.54) is 12.8 Å². The van der Waals surface area contributed by atoms with Crippen molar-refractivity contribution in [2.45, 2.75) is 44.4 Å². The van der Waals surface area contributed by atoms with E-state index in [1.807, 2.05) is 12.1 Å². The smallest absolute Gasteiger partial charge is 0.225 e. The van der Waals surface area contributed by atoms with Crippen LogP contribution in [0.25, 0.3) is 10.8 Å². The van der Waals surface area contributed by atoms with E-state index in [-0.39, 0.29) is 0 Å². The van der Waals surface area contributed by atoms with Gasteiger partial charge in [0.2, 0.25) is 5.91 Å². The first-order chi connectivity index (χ1) is 11.3. The Morgan fingerprint density at radius 1 is 1.17 bits per heavy atom. The SMILES string of the molecule is O=C(C1CCCC1)N1CCC(c2nnc(-c3ccco3)s2)CC1. The van der Waals surface area contributed by atoms with Crippen LogP contribution in [-0.4, -0.2) is 34.1 Å². The fourth-order valence-corrected chi connectivity index (χ4v) is 4.66. The lowest BCUT2D eigenvalue weighted by atomic mass is 9.96. The van der Waals surface area contributed by atoms with E-state index in [9.17, 15) is 4.79 Å². The van der Waals surface area contributed by atoms with Crippen LogP contribution in [0.4, 0.5) is 0 Å². The summed E-state index contributed by atoms with van der Waals surface area (Å²) >= 11 is 1.61. The van der Waals surface area contributed by atoms with Crippen LogP contribution < -0.4 is 0 Å². The second-order valence-electron chi connectivity index (χ2n) is 6.50. The van der Waals surface area contributed by atoms with Gasteiger partial charge in [0.15, 0.2) is 10.8 Å². The molecule has 0 aromatic carbocycles. The number of likely N-dealkylation sites (tertiary alicyclic amines) is 1. The molecule has 0 radical (unpaired) electrons. The zero-order chi connectivity index (χ0) is 15.6. The topological polar surface area (TPSA) is 59.2 Å². The average Bonchev–Trinajstić information content (AvgIpc) is 3.36. The van der Waals surface area contributed by atoms with Crippen LogP contribution in [0.2, 0.25) is 0 Å². The molecule has 2 fully saturated rings. The number of rotatable bonds is 3. The fraction of sp³-hybridized carbons (Fsp3) is 0.588. The highest BCUT2D eigenvalue weighted by Crippen LogP contribution is 2.35.